The highest BCUT2D eigenvalue weighted by molar-refractivity contribution is 5.92. The Bertz CT molecular complexity index is 695. The zero-order valence-corrected chi connectivity index (χ0v) is 12.2. The third kappa shape index (κ3) is 2.84. The number of amides is 1. The second-order valence-electron chi connectivity index (χ2n) is 5.56. The molecule has 3 rings (SSSR count). The fourth-order valence-electron chi connectivity index (χ4n) is 2.75. The summed E-state index contributed by atoms with van der Waals surface area (Å²) in [5.74, 6) is -0.342. The maximum absolute atomic E-state index is 12.3. The van der Waals surface area contributed by atoms with Crippen LogP contribution in [0.4, 0.5) is 0 Å². The second kappa shape index (κ2) is 5.98. The van der Waals surface area contributed by atoms with Gasteiger partial charge in [0.15, 0.2) is 5.69 Å². The van der Waals surface area contributed by atoms with Crippen LogP contribution in [0.3, 0.4) is 0 Å². The van der Waals surface area contributed by atoms with Gasteiger partial charge >= 0.3 is 0 Å². The molecule has 1 saturated carbocycles. The molecule has 1 aromatic carbocycles. The predicted octanol–water partition coefficient (Wildman–Crippen LogP) is 2.22. The normalized spacial score (nSPS) is 16.7. The summed E-state index contributed by atoms with van der Waals surface area (Å²) in [6, 6.07) is 11.7. The Balaban J connectivity index is 1.76. The molecule has 1 heterocycles. The molecule has 0 bridgehead atoms. The molecule has 22 heavy (non-hydrogen) atoms. The van der Waals surface area contributed by atoms with Crippen LogP contribution in [0.25, 0.3) is 5.69 Å². The number of benzene rings is 1. The number of rotatable bonds is 3. The van der Waals surface area contributed by atoms with Crippen molar-refractivity contribution in [3.8, 4) is 11.8 Å². The molecular weight excluding hydrogens is 278 g/mol. The monoisotopic (exact) mass is 295 g/mol. The van der Waals surface area contributed by atoms with Crippen LogP contribution in [-0.4, -0.2) is 26.4 Å². The fourth-order valence-corrected chi connectivity index (χ4v) is 2.75. The Labute approximate surface area is 128 Å². The van der Waals surface area contributed by atoms with Crippen LogP contribution in [0.2, 0.25) is 0 Å². The van der Waals surface area contributed by atoms with Crippen molar-refractivity contribution in [2.75, 3.05) is 0 Å². The molecule has 1 aliphatic rings. The van der Waals surface area contributed by atoms with Crippen molar-refractivity contribution in [1.82, 2.24) is 20.3 Å². The first-order valence-electron chi connectivity index (χ1n) is 7.44. The molecule has 1 N–H and O–H groups in total. The van der Waals surface area contributed by atoms with Gasteiger partial charge in [-0.3, -0.25) is 4.79 Å². The smallest absolute Gasteiger partial charge is 0.274 e. The van der Waals surface area contributed by atoms with Crippen LogP contribution >= 0.6 is 0 Å². The molecule has 0 atom stereocenters. The highest BCUT2D eigenvalue weighted by Gasteiger charge is 2.34. The second-order valence-corrected chi connectivity index (χ2v) is 5.56. The molecule has 1 aromatic heterocycles. The van der Waals surface area contributed by atoms with Gasteiger partial charge in [-0.25, -0.2) is 0 Å². The number of para-hydroxylation sites is 1. The van der Waals surface area contributed by atoms with Crippen molar-refractivity contribution in [2.24, 2.45) is 0 Å². The molecule has 1 aliphatic carbocycles. The van der Waals surface area contributed by atoms with Crippen molar-refractivity contribution < 1.29 is 4.79 Å². The highest BCUT2D eigenvalue weighted by Crippen LogP contribution is 2.27. The van der Waals surface area contributed by atoms with Crippen LogP contribution in [-0.2, 0) is 0 Å². The number of nitrogens with zero attached hydrogens (tertiary/aromatic N) is 4. The van der Waals surface area contributed by atoms with Gasteiger partial charge in [0.1, 0.15) is 5.54 Å². The van der Waals surface area contributed by atoms with Crippen molar-refractivity contribution in [1.29, 1.82) is 5.26 Å². The van der Waals surface area contributed by atoms with E-state index in [1.807, 2.05) is 30.3 Å². The zero-order valence-electron chi connectivity index (χ0n) is 12.2. The van der Waals surface area contributed by atoms with Crippen molar-refractivity contribution in [2.45, 2.75) is 37.6 Å². The Hall–Kier alpha value is -2.68. The Morgan fingerprint density at radius 2 is 1.95 bits per heavy atom. The summed E-state index contributed by atoms with van der Waals surface area (Å²) in [4.78, 5) is 13.8. The number of aromatic nitrogens is 3. The Morgan fingerprint density at radius 3 is 2.64 bits per heavy atom. The summed E-state index contributed by atoms with van der Waals surface area (Å²) in [5, 5.41) is 20.6. The molecule has 0 radical (unpaired) electrons. The summed E-state index contributed by atoms with van der Waals surface area (Å²) in [6.07, 6.45) is 5.86. The number of hydrogen-bond donors (Lipinski definition) is 1. The quantitative estimate of drug-likeness (QED) is 0.941. The van der Waals surface area contributed by atoms with E-state index in [9.17, 15) is 10.1 Å². The minimum Gasteiger partial charge on any atom is -0.332 e. The average Bonchev–Trinajstić information content (AvgIpc) is 3.07. The van der Waals surface area contributed by atoms with E-state index in [1.165, 1.54) is 11.0 Å². The SMILES string of the molecule is N#CC1(NC(=O)c2cnn(-c3ccccc3)n2)CCCCC1. The molecule has 1 amide bonds. The van der Waals surface area contributed by atoms with Gasteiger partial charge in [-0.05, 0) is 25.0 Å². The van der Waals surface area contributed by atoms with Crippen LogP contribution < -0.4 is 5.32 Å². The van der Waals surface area contributed by atoms with Gasteiger partial charge in [0.25, 0.3) is 5.91 Å². The molecule has 6 heteroatoms. The van der Waals surface area contributed by atoms with E-state index in [0.717, 1.165) is 24.9 Å². The van der Waals surface area contributed by atoms with E-state index < -0.39 is 5.54 Å². The van der Waals surface area contributed by atoms with Gasteiger partial charge < -0.3 is 5.32 Å². The number of carbonyl (C=O) groups is 1. The third-order valence-corrected chi connectivity index (χ3v) is 3.99. The molecule has 2 aromatic rings. The van der Waals surface area contributed by atoms with E-state index >= 15 is 0 Å². The lowest BCUT2D eigenvalue weighted by atomic mass is 9.83. The number of nitriles is 1. The lowest BCUT2D eigenvalue weighted by Crippen LogP contribution is -2.48. The van der Waals surface area contributed by atoms with Gasteiger partial charge in [0, 0.05) is 0 Å². The molecule has 112 valence electrons. The standard InChI is InChI=1S/C16H17N5O/c17-12-16(9-5-2-6-10-16)19-15(22)14-11-18-21(20-14)13-7-3-1-4-8-13/h1,3-4,7-8,11H,2,5-6,9-10H2,(H,19,22). The first-order valence-corrected chi connectivity index (χ1v) is 7.44. The molecule has 6 nitrogen and oxygen atoms in total. The van der Waals surface area contributed by atoms with Crippen molar-refractivity contribution in [3.05, 3.63) is 42.2 Å². The third-order valence-electron chi connectivity index (χ3n) is 3.99. The van der Waals surface area contributed by atoms with E-state index in [0.29, 0.717) is 12.8 Å². The summed E-state index contributed by atoms with van der Waals surface area (Å²) < 4.78 is 0. The van der Waals surface area contributed by atoms with Gasteiger partial charge in [0.05, 0.1) is 18.0 Å². The molecular formula is C16H17N5O. The first-order chi connectivity index (χ1) is 10.7. The van der Waals surface area contributed by atoms with Crippen molar-refractivity contribution >= 4 is 5.91 Å². The molecule has 1 fully saturated rings. The summed E-state index contributed by atoms with van der Waals surface area (Å²) in [6.45, 7) is 0. The minimum atomic E-state index is -0.758. The minimum absolute atomic E-state index is 0.226. The summed E-state index contributed by atoms with van der Waals surface area (Å²) in [5.41, 5.74) is 0.254. The average molecular weight is 295 g/mol. The van der Waals surface area contributed by atoms with Crippen LogP contribution in [0, 0.1) is 11.3 Å². The van der Waals surface area contributed by atoms with E-state index in [2.05, 4.69) is 21.6 Å². The lowest BCUT2D eigenvalue weighted by Gasteiger charge is -2.31. The number of hydrogen-bond acceptors (Lipinski definition) is 4. The topological polar surface area (TPSA) is 83.6 Å². The highest BCUT2D eigenvalue weighted by atomic mass is 16.2. The maximum Gasteiger partial charge on any atom is 0.274 e. The number of nitrogens with one attached hydrogen (secondary N) is 1. The Morgan fingerprint density at radius 1 is 1.23 bits per heavy atom. The largest absolute Gasteiger partial charge is 0.332 e. The van der Waals surface area contributed by atoms with Gasteiger partial charge in [0.2, 0.25) is 0 Å². The van der Waals surface area contributed by atoms with Crippen molar-refractivity contribution in [3.63, 3.8) is 0 Å². The van der Waals surface area contributed by atoms with Crippen LogP contribution in [0.5, 0.6) is 0 Å². The van der Waals surface area contributed by atoms with Gasteiger partial charge in [-0.2, -0.15) is 15.2 Å². The summed E-state index contributed by atoms with van der Waals surface area (Å²) >= 11 is 0. The zero-order chi connectivity index (χ0) is 15.4. The predicted molar refractivity (Wildman–Crippen MR) is 80.3 cm³/mol. The summed E-state index contributed by atoms with van der Waals surface area (Å²) in [7, 11) is 0. The molecule has 0 unspecified atom stereocenters. The van der Waals surface area contributed by atoms with E-state index in [-0.39, 0.29) is 11.6 Å². The Kier molecular flexibility index (Phi) is 3.88. The van der Waals surface area contributed by atoms with Crippen LogP contribution in [0.15, 0.2) is 36.5 Å². The molecule has 0 aliphatic heterocycles. The molecule has 0 saturated heterocycles. The van der Waals surface area contributed by atoms with Crippen LogP contribution in [0.1, 0.15) is 42.6 Å². The first kappa shape index (κ1) is 14.3. The van der Waals surface area contributed by atoms with Gasteiger partial charge in [-0.1, -0.05) is 37.5 Å². The fraction of sp³-hybridized carbons (Fsp3) is 0.375. The van der Waals surface area contributed by atoms with E-state index in [1.54, 1.807) is 0 Å². The molecule has 0 spiro atoms. The maximum atomic E-state index is 12.3. The number of carbonyl (C=O) groups excluding carboxylic acids is 1. The van der Waals surface area contributed by atoms with E-state index in [4.69, 9.17) is 0 Å². The lowest BCUT2D eigenvalue weighted by molar-refractivity contribution is 0.0897. The van der Waals surface area contributed by atoms with Gasteiger partial charge in [-0.15, -0.1) is 5.10 Å².